The summed E-state index contributed by atoms with van der Waals surface area (Å²) in [6.45, 7) is -0.433. The number of amides is 1. The molecule has 0 unspecified atom stereocenters. The van der Waals surface area contributed by atoms with Crippen molar-refractivity contribution in [2.75, 3.05) is 23.7 Å². The monoisotopic (exact) mass is 346 g/mol. The number of hydrogen-bond acceptors (Lipinski definition) is 7. The molecule has 3 N–H and O–H groups in total. The first-order valence-electron chi connectivity index (χ1n) is 6.39. The Morgan fingerprint density at radius 2 is 2.05 bits per heavy atom. The van der Waals surface area contributed by atoms with Crippen LogP contribution in [0, 0.1) is 10.1 Å². The highest BCUT2D eigenvalue weighted by molar-refractivity contribution is 8.15. The lowest BCUT2D eigenvalue weighted by Gasteiger charge is -2.22. The fourth-order valence-electron chi connectivity index (χ4n) is 1.72. The van der Waals surface area contributed by atoms with Crippen LogP contribution in [0.5, 0.6) is 0 Å². The molecule has 122 valence electrons. The molecule has 0 bridgehead atoms. The predicted octanol–water partition coefficient (Wildman–Crippen LogP) is 1.16. The molecule has 7 nitrogen and oxygen atoms in total. The molecule has 1 aromatic carbocycles. The molecular formula is C13H18N2O5S2. The highest BCUT2D eigenvalue weighted by atomic mass is 32.2. The Morgan fingerprint density at radius 1 is 1.41 bits per heavy atom. The van der Waals surface area contributed by atoms with Crippen molar-refractivity contribution in [1.29, 1.82) is 0 Å². The second kappa shape index (κ2) is 9.67. The number of aliphatic hydroxyl groups is 2. The Morgan fingerprint density at radius 3 is 2.55 bits per heavy atom. The lowest BCUT2D eigenvalue weighted by Crippen LogP contribution is -2.42. The van der Waals surface area contributed by atoms with Crippen LogP contribution in [-0.4, -0.2) is 50.8 Å². The Labute approximate surface area is 136 Å². The van der Waals surface area contributed by atoms with Crippen molar-refractivity contribution in [2.24, 2.45) is 0 Å². The van der Waals surface area contributed by atoms with Crippen LogP contribution in [0.25, 0.3) is 0 Å². The summed E-state index contributed by atoms with van der Waals surface area (Å²) in [6.07, 6.45) is 0.792. The summed E-state index contributed by atoms with van der Waals surface area (Å²) in [4.78, 5) is 21.8. The van der Waals surface area contributed by atoms with E-state index in [-0.39, 0.29) is 17.3 Å². The van der Waals surface area contributed by atoms with E-state index in [0.29, 0.717) is 5.56 Å². The summed E-state index contributed by atoms with van der Waals surface area (Å²) in [5, 5.41) is 33.4. The number of carbonyl (C=O) groups excluding carboxylic acids is 1. The lowest BCUT2D eigenvalue weighted by atomic mass is 10.0. The smallest absolute Gasteiger partial charge is 0.269 e. The van der Waals surface area contributed by atoms with Crippen LogP contribution in [0.2, 0.25) is 0 Å². The van der Waals surface area contributed by atoms with Crippen molar-refractivity contribution in [3.8, 4) is 0 Å². The molecule has 9 heteroatoms. The molecule has 1 amide bonds. The number of benzene rings is 1. The quantitative estimate of drug-likeness (QED) is 0.266. The van der Waals surface area contributed by atoms with E-state index in [2.05, 4.69) is 5.32 Å². The average molecular weight is 346 g/mol. The average Bonchev–Trinajstić information content (AvgIpc) is 2.52. The molecule has 1 rings (SSSR count). The number of hydrogen-bond donors (Lipinski definition) is 3. The molecule has 0 fully saturated rings. The number of aliphatic hydroxyl groups excluding tert-OH is 2. The van der Waals surface area contributed by atoms with Crippen molar-refractivity contribution in [2.45, 2.75) is 12.1 Å². The summed E-state index contributed by atoms with van der Waals surface area (Å²) in [5.41, 5.74) is 0.302. The van der Waals surface area contributed by atoms with E-state index >= 15 is 0 Å². The number of rotatable bonds is 9. The molecular weight excluding hydrogens is 328 g/mol. The molecule has 0 radical (unpaired) electrons. The van der Waals surface area contributed by atoms with Gasteiger partial charge in [0.1, 0.15) is 6.10 Å². The first kappa shape index (κ1) is 18.8. The number of non-ortho nitro benzene ring substituents is 1. The van der Waals surface area contributed by atoms with Gasteiger partial charge in [-0.15, -0.1) is 11.8 Å². The maximum Gasteiger partial charge on any atom is 0.269 e. The summed E-state index contributed by atoms with van der Waals surface area (Å²) in [7, 11) is 0. The van der Waals surface area contributed by atoms with Gasteiger partial charge in [-0.05, 0) is 24.0 Å². The zero-order valence-corrected chi connectivity index (χ0v) is 13.6. The molecule has 0 aliphatic heterocycles. The lowest BCUT2D eigenvalue weighted by molar-refractivity contribution is -0.384. The SMILES string of the molecule is CSCSCC(=O)N[C@H](CO)[C@H](O)c1ccc([N+](=O)[O-])cc1. The van der Waals surface area contributed by atoms with E-state index in [0.717, 1.165) is 5.08 Å². The molecule has 2 atom stereocenters. The molecule has 0 aromatic heterocycles. The van der Waals surface area contributed by atoms with Gasteiger partial charge in [0.2, 0.25) is 5.91 Å². The van der Waals surface area contributed by atoms with Crippen LogP contribution in [0.15, 0.2) is 24.3 Å². The van der Waals surface area contributed by atoms with Gasteiger partial charge >= 0.3 is 0 Å². The highest BCUT2D eigenvalue weighted by Crippen LogP contribution is 2.20. The van der Waals surface area contributed by atoms with Crippen molar-refractivity contribution >= 4 is 35.1 Å². The van der Waals surface area contributed by atoms with Gasteiger partial charge in [-0.25, -0.2) is 0 Å². The highest BCUT2D eigenvalue weighted by Gasteiger charge is 2.22. The standard InChI is InChI=1S/C13H18N2O5S2/c1-21-8-22-7-12(17)14-11(6-16)13(18)9-2-4-10(5-3-9)15(19)20/h2-5,11,13,16,18H,6-8H2,1H3,(H,14,17)/t11-,13-/m1/s1. The zero-order valence-electron chi connectivity index (χ0n) is 12.0. The van der Waals surface area contributed by atoms with Crippen LogP contribution in [0.3, 0.4) is 0 Å². The van der Waals surface area contributed by atoms with Gasteiger partial charge in [0.15, 0.2) is 0 Å². The zero-order chi connectivity index (χ0) is 16.5. The first-order chi connectivity index (χ1) is 10.5. The van der Waals surface area contributed by atoms with Gasteiger partial charge in [0.05, 0.1) is 23.3 Å². The fourth-order valence-corrected chi connectivity index (χ4v) is 2.98. The summed E-state index contributed by atoms with van der Waals surface area (Å²) in [6, 6.07) is 4.48. The Hall–Kier alpha value is -1.29. The van der Waals surface area contributed by atoms with Gasteiger partial charge in [-0.2, -0.15) is 11.8 Å². The number of thioether (sulfide) groups is 2. The molecule has 0 aliphatic rings. The second-order valence-electron chi connectivity index (χ2n) is 4.41. The number of nitro groups is 1. The minimum atomic E-state index is -1.14. The number of nitrogens with zero attached hydrogens (tertiary/aromatic N) is 1. The van der Waals surface area contributed by atoms with Crippen molar-refractivity contribution < 1.29 is 19.9 Å². The third-order valence-corrected chi connectivity index (χ3v) is 4.88. The molecule has 0 heterocycles. The Bertz CT molecular complexity index is 498. The third-order valence-electron chi connectivity index (χ3n) is 2.80. The van der Waals surface area contributed by atoms with E-state index in [1.54, 1.807) is 11.8 Å². The van der Waals surface area contributed by atoms with E-state index < -0.39 is 23.7 Å². The van der Waals surface area contributed by atoms with Crippen molar-refractivity contribution in [3.63, 3.8) is 0 Å². The first-order valence-corrected chi connectivity index (χ1v) is 8.93. The van der Waals surface area contributed by atoms with Crippen LogP contribution in [-0.2, 0) is 4.79 Å². The largest absolute Gasteiger partial charge is 0.394 e. The Kier molecular flexibility index (Phi) is 8.25. The van der Waals surface area contributed by atoms with Crippen LogP contribution < -0.4 is 5.32 Å². The fraction of sp³-hybridized carbons (Fsp3) is 0.462. The van der Waals surface area contributed by atoms with Crippen LogP contribution in [0.1, 0.15) is 11.7 Å². The van der Waals surface area contributed by atoms with Gasteiger partial charge in [0, 0.05) is 17.2 Å². The number of nitro benzene ring substituents is 1. The maximum absolute atomic E-state index is 11.7. The van der Waals surface area contributed by atoms with Crippen LogP contribution >= 0.6 is 23.5 Å². The Balaban J connectivity index is 2.65. The van der Waals surface area contributed by atoms with Crippen molar-refractivity contribution in [3.05, 3.63) is 39.9 Å². The minimum absolute atomic E-state index is 0.0889. The molecule has 1 aromatic rings. The van der Waals surface area contributed by atoms with E-state index in [1.807, 2.05) is 6.26 Å². The molecule has 0 spiro atoms. The van der Waals surface area contributed by atoms with Crippen molar-refractivity contribution in [1.82, 2.24) is 5.32 Å². The van der Waals surface area contributed by atoms with Gasteiger partial charge in [-0.1, -0.05) is 0 Å². The maximum atomic E-state index is 11.7. The molecule has 0 saturated heterocycles. The molecule has 0 aliphatic carbocycles. The third kappa shape index (κ3) is 5.84. The predicted molar refractivity (Wildman–Crippen MR) is 87.9 cm³/mol. The van der Waals surface area contributed by atoms with E-state index in [9.17, 15) is 25.1 Å². The summed E-state index contributed by atoms with van der Waals surface area (Å²) >= 11 is 3.04. The number of nitrogens with one attached hydrogen (secondary N) is 1. The molecule has 22 heavy (non-hydrogen) atoms. The topological polar surface area (TPSA) is 113 Å². The summed E-state index contributed by atoms with van der Waals surface area (Å²) < 4.78 is 0. The van der Waals surface area contributed by atoms with Gasteiger partial charge in [-0.3, -0.25) is 14.9 Å². The van der Waals surface area contributed by atoms with Crippen LogP contribution in [0.4, 0.5) is 5.69 Å². The second-order valence-corrected chi connectivity index (χ2v) is 6.62. The van der Waals surface area contributed by atoms with Gasteiger partial charge in [0.25, 0.3) is 5.69 Å². The number of carbonyl (C=O) groups is 1. The van der Waals surface area contributed by atoms with E-state index in [4.69, 9.17) is 0 Å². The normalized spacial score (nSPS) is 13.4. The molecule has 0 saturated carbocycles. The minimum Gasteiger partial charge on any atom is -0.394 e. The summed E-state index contributed by atoms with van der Waals surface area (Å²) in [5.74, 6) is -0.0382. The van der Waals surface area contributed by atoms with Gasteiger partial charge < -0.3 is 15.5 Å². The van der Waals surface area contributed by atoms with E-state index in [1.165, 1.54) is 36.0 Å².